The van der Waals surface area contributed by atoms with E-state index in [1.54, 1.807) is 0 Å². The van der Waals surface area contributed by atoms with Crippen molar-refractivity contribution in [2.45, 2.75) is 0 Å². The summed E-state index contributed by atoms with van der Waals surface area (Å²) in [4.78, 5) is 0. The van der Waals surface area contributed by atoms with Crippen LogP contribution in [0.25, 0.3) is 0 Å². The molecule has 0 bridgehead atoms. The Labute approximate surface area is 88.0 Å². The van der Waals surface area contributed by atoms with Gasteiger partial charge in [-0.2, -0.15) is 5.26 Å². The lowest BCUT2D eigenvalue weighted by molar-refractivity contribution is 0.325. The van der Waals surface area contributed by atoms with Gasteiger partial charge < -0.3 is 19.9 Å². The van der Waals surface area contributed by atoms with Crippen molar-refractivity contribution in [2.24, 2.45) is 0 Å². The Kier molecular flexibility index (Phi) is 3.24. The van der Waals surface area contributed by atoms with Crippen molar-refractivity contribution in [1.82, 2.24) is 0 Å². The van der Waals surface area contributed by atoms with E-state index in [0.717, 1.165) is 0 Å². The monoisotopic (exact) mass is 208 g/mol. The van der Waals surface area contributed by atoms with E-state index >= 15 is 0 Å². The van der Waals surface area contributed by atoms with Crippen LogP contribution in [0.1, 0.15) is 5.56 Å². The second-order valence-corrected chi connectivity index (χ2v) is 2.72. The predicted molar refractivity (Wildman–Crippen MR) is 55.2 cm³/mol. The van der Waals surface area contributed by atoms with E-state index < -0.39 is 0 Å². The number of hydrogen-bond donors (Lipinski definition) is 1. The second-order valence-electron chi connectivity index (χ2n) is 2.72. The maximum absolute atomic E-state index is 8.84. The molecule has 0 spiro atoms. The summed E-state index contributed by atoms with van der Waals surface area (Å²) in [5.74, 6) is 1.12. The molecule has 0 aliphatic heterocycles. The van der Waals surface area contributed by atoms with Crippen molar-refractivity contribution in [3.05, 3.63) is 11.6 Å². The molecule has 2 N–H and O–H groups in total. The van der Waals surface area contributed by atoms with Gasteiger partial charge in [-0.1, -0.05) is 0 Å². The quantitative estimate of drug-likeness (QED) is 0.754. The summed E-state index contributed by atoms with van der Waals surface area (Å²) in [6.45, 7) is 0. The fraction of sp³-hybridized carbons (Fsp3) is 0.300. The molecule has 0 aliphatic carbocycles. The van der Waals surface area contributed by atoms with E-state index in [4.69, 9.17) is 25.2 Å². The summed E-state index contributed by atoms with van der Waals surface area (Å²) >= 11 is 0. The van der Waals surface area contributed by atoms with Gasteiger partial charge in [-0.3, -0.25) is 0 Å². The van der Waals surface area contributed by atoms with Crippen molar-refractivity contribution >= 4 is 5.69 Å². The van der Waals surface area contributed by atoms with E-state index in [9.17, 15) is 0 Å². The van der Waals surface area contributed by atoms with E-state index in [-0.39, 0.29) is 5.69 Å². The Morgan fingerprint density at radius 1 is 1.13 bits per heavy atom. The lowest BCUT2D eigenvalue weighted by Crippen LogP contribution is -2.01. The lowest BCUT2D eigenvalue weighted by atomic mass is 10.1. The Hall–Kier alpha value is -2.09. The molecule has 5 nitrogen and oxygen atoms in total. The van der Waals surface area contributed by atoms with Gasteiger partial charge in [0.1, 0.15) is 6.07 Å². The van der Waals surface area contributed by atoms with Crippen molar-refractivity contribution in [1.29, 1.82) is 5.26 Å². The Bertz CT molecular complexity index is 410. The van der Waals surface area contributed by atoms with Crippen molar-refractivity contribution in [2.75, 3.05) is 27.1 Å². The zero-order valence-corrected chi connectivity index (χ0v) is 8.83. The molecule has 5 heteroatoms. The molecule has 0 aromatic heterocycles. The second kappa shape index (κ2) is 4.42. The van der Waals surface area contributed by atoms with Crippen molar-refractivity contribution in [3.63, 3.8) is 0 Å². The van der Waals surface area contributed by atoms with Crippen LogP contribution in [-0.4, -0.2) is 21.3 Å². The van der Waals surface area contributed by atoms with E-state index in [0.29, 0.717) is 22.8 Å². The average Bonchev–Trinajstić information content (AvgIpc) is 2.28. The Morgan fingerprint density at radius 3 is 2.13 bits per heavy atom. The summed E-state index contributed by atoms with van der Waals surface area (Å²) in [7, 11) is 4.41. The number of anilines is 1. The molecule has 0 amide bonds. The first kappa shape index (κ1) is 11.0. The highest BCUT2D eigenvalue weighted by molar-refractivity contribution is 5.72. The normalized spacial score (nSPS) is 9.20. The van der Waals surface area contributed by atoms with Gasteiger partial charge in [-0.05, 0) is 0 Å². The number of nitrogens with zero attached hydrogens (tertiary/aromatic N) is 1. The Balaban J connectivity index is 3.51. The molecule has 80 valence electrons. The number of ether oxygens (including phenoxy) is 3. The number of nitrogen functional groups attached to an aromatic ring is 1. The molecule has 0 saturated carbocycles. The van der Waals surface area contributed by atoms with Crippen molar-refractivity contribution in [3.8, 4) is 23.3 Å². The SMILES string of the molecule is COc1cc(C#N)c(N)c(OC)c1OC. The van der Waals surface area contributed by atoms with Gasteiger partial charge in [0.05, 0.1) is 32.6 Å². The maximum Gasteiger partial charge on any atom is 0.205 e. The minimum Gasteiger partial charge on any atom is -0.493 e. The first-order chi connectivity index (χ1) is 7.19. The molecule has 0 fully saturated rings. The molecule has 0 unspecified atom stereocenters. The van der Waals surface area contributed by atoms with Gasteiger partial charge in [0.25, 0.3) is 0 Å². The largest absolute Gasteiger partial charge is 0.493 e. The Morgan fingerprint density at radius 2 is 1.73 bits per heavy atom. The van der Waals surface area contributed by atoms with Crippen LogP contribution in [0.5, 0.6) is 17.2 Å². The predicted octanol–water partition coefficient (Wildman–Crippen LogP) is 1.17. The summed E-state index contributed by atoms with van der Waals surface area (Å²) in [5, 5.41) is 8.84. The van der Waals surface area contributed by atoms with Crippen LogP contribution in [0.2, 0.25) is 0 Å². The van der Waals surface area contributed by atoms with Gasteiger partial charge in [0.15, 0.2) is 11.5 Å². The number of nitriles is 1. The van der Waals surface area contributed by atoms with Gasteiger partial charge in [0, 0.05) is 6.07 Å². The van der Waals surface area contributed by atoms with Crippen molar-refractivity contribution < 1.29 is 14.2 Å². The zero-order chi connectivity index (χ0) is 11.4. The van der Waals surface area contributed by atoms with E-state index in [1.165, 1.54) is 27.4 Å². The van der Waals surface area contributed by atoms with E-state index in [2.05, 4.69) is 0 Å². The summed E-state index contributed by atoms with van der Waals surface area (Å²) in [6, 6.07) is 3.47. The van der Waals surface area contributed by atoms with Crippen LogP contribution in [-0.2, 0) is 0 Å². The third-order valence-corrected chi connectivity index (χ3v) is 1.99. The summed E-state index contributed by atoms with van der Waals surface area (Å²) < 4.78 is 15.2. The molecule has 0 aliphatic rings. The van der Waals surface area contributed by atoms with Crippen LogP contribution in [0, 0.1) is 11.3 Å². The highest BCUT2D eigenvalue weighted by Gasteiger charge is 2.18. The number of nitrogens with two attached hydrogens (primary N) is 1. The van der Waals surface area contributed by atoms with Crippen LogP contribution in [0.15, 0.2) is 6.07 Å². The van der Waals surface area contributed by atoms with Gasteiger partial charge >= 0.3 is 0 Å². The van der Waals surface area contributed by atoms with Gasteiger partial charge in [-0.25, -0.2) is 0 Å². The number of methoxy groups -OCH3 is 3. The topological polar surface area (TPSA) is 77.5 Å². The summed E-state index contributed by atoms with van der Waals surface area (Å²) in [6.07, 6.45) is 0. The fourth-order valence-corrected chi connectivity index (χ4v) is 1.27. The average molecular weight is 208 g/mol. The van der Waals surface area contributed by atoms with E-state index in [1.807, 2.05) is 6.07 Å². The molecule has 0 saturated heterocycles. The standard InChI is InChI=1S/C10H12N2O3/c1-13-7-4-6(5-11)8(12)10(15-3)9(7)14-2/h4H,12H2,1-3H3. The molecule has 0 atom stereocenters. The van der Waals surface area contributed by atoms with Crippen LogP contribution in [0.4, 0.5) is 5.69 Å². The first-order valence-electron chi connectivity index (χ1n) is 4.18. The van der Waals surface area contributed by atoms with Crippen LogP contribution < -0.4 is 19.9 Å². The molecular formula is C10H12N2O3. The van der Waals surface area contributed by atoms with Gasteiger partial charge in [0.2, 0.25) is 5.75 Å². The van der Waals surface area contributed by atoms with Crippen LogP contribution in [0.3, 0.4) is 0 Å². The lowest BCUT2D eigenvalue weighted by Gasteiger charge is -2.14. The molecule has 0 radical (unpaired) electrons. The third kappa shape index (κ3) is 1.74. The molecule has 0 heterocycles. The fourth-order valence-electron chi connectivity index (χ4n) is 1.27. The zero-order valence-electron chi connectivity index (χ0n) is 8.83. The minimum atomic E-state index is 0.248. The number of benzene rings is 1. The number of rotatable bonds is 3. The summed E-state index contributed by atoms with van der Waals surface area (Å²) in [5.41, 5.74) is 6.26. The first-order valence-corrected chi connectivity index (χ1v) is 4.18. The molecule has 15 heavy (non-hydrogen) atoms. The molecular weight excluding hydrogens is 196 g/mol. The maximum atomic E-state index is 8.84. The molecule has 1 aromatic rings. The minimum absolute atomic E-state index is 0.248. The van der Waals surface area contributed by atoms with Gasteiger partial charge in [-0.15, -0.1) is 0 Å². The smallest absolute Gasteiger partial charge is 0.205 e. The molecule has 1 aromatic carbocycles. The van der Waals surface area contributed by atoms with Crippen LogP contribution >= 0.6 is 0 Å². The third-order valence-electron chi connectivity index (χ3n) is 1.99. The highest BCUT2D eigenvalue weighted by atomic mass is 16.5. The number of hydrogen-bond acceptors (Lipinski definition) is 5. The molecule has 1 rings (SSSR count). The highest BCUT2D eigenvalue weighted by Crippen LogP contribution is 2.43.